The molecular formula is C11H11Cl2NS2. The van der Waals surface area contributed by atoms with E-state index in [-0.39, 0.29) is 6.04 Å². The third-order valence-electron chi connectivity index (χ3n) is 2.43. The van der Waals surface area contributed by atoms with E-state index in [2.05, 4.69) is 19.9 Å². The Kier molecular flexibility index (Phi) is 3.62. The lowest BCUT2D eigenvalue weighted by atomic mass is 10.0. The average molecular weight is 292 g/mol. The maximum absolute atomic E-state index is 6.21. The largest absolute Gasteiger partial charge is 0.320 e. The molecule has 2 aromatic rings. The number of thiophene rings is 2. The van der Waals surface area contributed by atoms with Gasteiger partial charge < -0.3 is 5.73 Å². The number of rotatable bonds is 2. The third kappa shape index (κ3) is 2.29. The minimum Gasteiger partial charge on any atom is -0.320 e. The van der Waals surface area contributed by atoms with Crippen LogP contribution in [0.15, 0.2) is 12.1 Å². The van der Waals surface area contributed by atoms with Crippen molar-refractivity contribution < 1.29 is 0 Å². The minimum atomic E-state index is -0.179. The van der Waals surface area contributed by atoms with E-state index in [9.17, 15) is 0 Å². The highest BCUT2D eigenvalue weighted by Crippen LogP contribution is 2.38. The van der Waals surface area contributed by atoms with Gasteiger partial charge in [-0.3, -0.25) is 0 Å². The zero-order valence-corrected chi connectivity index (χ0v) is 12.0. The van der Waals surface area contributed by atoms with E-state index in [1.165, 1.54) is 21.1 Å². The van der Waals surface area contributed by atoms with Crippen molar-refractivity contribution in [3.05, 3.63) is 41.7 Å². The number of halogens is 2. The second-order valence-corrected chi connectivity index (χ2v) is 7.37. The van der Waals surface area contributed by atoms with Crippen LogP contribution in [-0.4, -0.2) is 0 Å². The van der Waals surface area contributed by atoms with Crippen LogP contribution in [0.2, 0.25) is 8.67 Å². The molecule has 0 saturated heterocycles. The Morgan fingerprint density at radius 2 is 1.81 bits per heavy atom. The first kappa shape index (κ1) is 12.4. The topological polar surface area (TPSA) is 26.0 Å². The quantitative estimate of drug-likeness (QED) is 0.846. The molecule has 0 radical (unpaired) electrons. The Morgan fingerprint density at radius 3 is 2.25 bits per heavy atom. The maximum Gasteiger partial charge on any atom is 0.0995 e. The number of nitrogens with two attached hydrogens (primary N) is 1. The molecule has 0 bridgehead atoms. The van der Waals surface area contributed by atoms with Crippen LogP contribution in [0.5, 0.6) is 0 Å². The van der Waals surface area contributed by atoms with Crippen molar-refractivity contribution in [2.24, 2.45) is 5.73 Å². The van der Waals surface area contributed by atoms with Crippen LogP contribution in [0, 0.1) is 13.8 Å². The van der Waals surface area contributed by atoms with E-state index >= 15 is 0 Å². The second kappa shape index (κ2) is 4.67. The molecule has 2 aromatic heterocycles. The summed E-state index contributed by atoms with van der Waals surface area (Å²) >= 11 is 15.1. The van der Waals surface area contributed by atoms with Crippen LogP contribution in [-0.2, 0) is 0 Å². The zero-order valence-electron chi connectivity index (χ0n) is 8.88. The van der Waals surface area contributed by atoms with Gasteiger partial charge in [0.1, 0.15) is 0 Å². The summed E-state index contributed by atoms with van der Waals surface area (Å²) in [4.78, 5) is 2.50. The summed E-state index contributed by atoms with van der Waals surface area (Å²) in [7, 11) is 0. The van der Waals surface area contributed by atoms with Gasteiger partial charge >= 0.3 is 0 Å². The third-order valence-corrected chi connectivity index (χ3v) is 4.93. The zero-order chi connectivity index (χ0) is 11.9. The van der Waals surface area contributed by atoms with Gasteiger partial charge in [-0.25, -0.2) is 0 Å². The van der Waals surface area contributed by atoms with E-state index in [0.717, 1.165) is 11.1 Å². The molecule has 1 atom stereocenters. The summed E-state index contributed by atoms with van der Waals surface area (Å²) in [5, 5.41) is 0. The number of hydrogen-bond acceptors (Lipinski definition) is 3. The van der Waals surface area contributed by atoms with Crippen molar-refractivity contribution in [2.45, 2.75) is 19.9 Å². The molecule has 0 spiro atoms. The van der Waals surface area contributed by atoms with Gasteiger partial charge in [0.05, 0.1) is 14.7 Å². The summed E-state index contributed by atoms with van der Waals surface area (Å²) < 4.78 is 1.36. The van der Waals surface area contributed by atoms with Gasteiger partial charge in [0.25, 0.3) is 0 Å². The molecule has 2 rings (SSSR count). The molecule has 0 fully saturated rings. The normalized spacial score (nSPS) is 13.1. The van der Waals surface area contributed by atoms with Crippen molar-refractivity contribution in [3.8, 4) is 0 Å². The molecular weight excluding hydrogens is 281 g/mol. The molecule has 0 aliphatic rings. The fourth-order valence-electron chi connectivity index (χ4n) is 1.69. The summed E-state index contributed by atoms with van der Waals surface area (Å²) in [5.41, 5.74) is 8.27. The van der Waals surface area contributed by atoms with Crippen LogP contribution < -0.4 is 5.73 Å². The molecule has 2 heterocycles. The summed E-state index contributed by atoms with van der Waals surface area (Å²) in [5.74, 6) is 0. The lowest BCUT2D eigenvalue weighted by molar-refractivity contribution is 0.874. The molecule has 16 heavy (non-hydrogen) atoms. The van der Waals surface area contributed by atoms with Crippen molar-refractivity contribution >= 4 is 45.9 Å². The number of aryl methyl sites for hydroxylation is 2. The monoisotopic (exact) mass is 291 g/mol. The average Bonchev–Trinajstić information content (AvgIpc) is 2.68. The summed E-state index contributed by atoms with van der Waals surface area (Å²) in [6.45, 7) is 4.16. The smallest absolute Gasteiger partial charge is 0.0995 e. The molecule has 1 unspecified atom stereocenters. The highest BCUT2D eigenvalue weighted by atomic mass is 35.5. The predicted molar refractivity (Wildman–Crippen MR) is 74.2 cm³/mol. The Balaban J connectivity index is 2.42. The first-order valence-electron chi connectivity index (χ1n) is 4.76. The second-order valence-electron chi connectivity index (χ2n) is 3.63. The van der Waals surface area contributed by atoms with E-state index in [4.69, 9.17) is 28.9 Å². The molecule has 2 N–H and O–H groups in total. The fourth-order valence-corrected chi connectivity index (χ4v) is 4.21. The predicted octanol–water partition coefficient (Wildman–Crippen LogP) is 4.78. The molecule has 0 aliphatic heterocycles. The lowest BCUT2D eigenvalue weighted by Crippen LogP contribution is -2.11. The SMILES string of the molecule is Cc1cc(C(N)c2cc(Cl)sc2Cl)c(C)s1. The first-order chi connectivity index (χ1) is 7.49. The van der Waals surface area contributed by atoms with Gasteiger partial charge in [-0.2, -0.15) is 0 Å². The summed E-state index contributed by atoms with van der Waals surface area (Å²) in [6.07, 6.45) is 0. The van der Waals surface area contributed by atoms with Gasteiger partial charge in [-0.1, -0.05) is 23.2 Å². The molecule has 0 aliphatic carbocycles. The Morgan fingerprint density at radius 1 is 1.12 bits per heavy atom. The van der Waals surface area contributed by atoms with Gasteiger partial charge in [-0.05, 0) is 31.5 Å². The van der Waals surface area contributed by atoms with Crippen molar-refractivity contribution in [3.63, 3.8) is 0 Å². The lowest BCUT2D eigenvalue weighted by Gasteiger charge is -2.10. The molecule has 0 saturated carbocycles. The van der Waals surface area contributed by atoms with Crippen LogP contribution in [0.4, 0.5) is 0 Å². The van der Waals surface area contributed by atoms with Gasteiger partial charge in [0.2, 0.25) is 0 Å². The van der Waals surface area contributed by atoms with Crippen LogP contribution in [0.25, 0.3) is 0 Å². The minimum absolute atomic E-state index is 0.179. The fraction of sp³-hybridized carbons (Fsp3) is 0.273. The molecule has 0 amide bonds. The van der Waals surface area contributed by atoms with E-state index in [1.54, 1.807) is 11.3 Å². The standard InChI is InChI=1S/C11H11Cl2NS2/c1-5-3-7(6(2)15-5)10(14)8-4-9(12)16-11(8)13/h3-4,10H,14H2,1-2H3. The molecule has 0 aromatic carbocycles. The number of hydrogen-bond donors (Lipinski definition) is 1. The van der Waals surface area contributed by atoms with E-state index in [1.807, 2.05) is 6.07 Å². The van der Waals surface area contributed by atoms with Gasteiger partial charge in [-0.15, -0.1) is 22.7 Å². The van der Waals surface area contributed by atoms with Gasteiger partial charge in [0, 0.05) is 15.3 Å². The molecule has 1 nitrogen and oxygen atoms in total. The van der Waals surface area contributed by atoms with E-state index < -0.39 is 0 Å². The van der Waals surface area contributed by atoms with Crippen molar-refractivity contribution in [1.82, 2.24) is 0 Å². The Hall–Kier alpha value is -0.0600. The van der Waals surface area contributed by atoms with Crippen LogP contribution in [0.3, 0.4) is 0 Å². The van der Waals surface area contributed by atoms with Gasteiger partial charge in [0.15, 0.2) is 0 Å². The van der Waals surface area contributed by atoms with Crippen molar-refractivity contribution in [2.75, 3.05) is 0 Å². The highest BCUT2D eigenvalue weighted by molar-refractivity contribution is 7.20. The van der Waals surface area contributed by atoms with Crippen LogP contribution >= 0.6 is 45.9 Å². The molecule has 5 heteroatoms. The summed E-state index contributed by atoms with van der Waals surface area (Å²) in [6, 6.07) is 3.79. The Bertz CT molecular complexity index is 470. The maximum atomic E-state index is 6.21. The highest BCUT2D eigenvalue weighted by Gasteiger charge is 2.18. The van der Waals surface area contributed by atoms with E-state index in [0.29, 0.717) is 8.67 Å². The van der Waals surface area contributed by atoms with Crippen molar-refractivity contribution in [1.29, 1.82) is 0 Å². The van der Waals surface area contributed by atoms with Crippen LogP contribution in [0.1, 0.15) is 26.9 Å². The molecule has 86 valence electrons. The first-order valence-corrected chi connectivity index (χ1v) is 7.15. The Labute approximate surface area is 113 Å².